The van der Waals surface area contributed by atoms with Crippen molar-refractivity contribution >= 4 is 17.1 Å². The van der Waals surface area contributed by atoms with E-state index in [1.54, 1.807) is 11.6 Å². The minimum atomic E-state index is -0.913. The summed E-state index contributed by atoms with van der Waals surface area (Å²) in [7, 11) is 3.41. The Morgan fingerprint density at radius 1 is 1.09 bits per heavy atom. The average Bonchev–Trinajstić information content (AvgIpc) is 3.22. The predicted molar refractivity (Wildman–Crippen MR) is 131 cm³/mol. The normalized spacial score (nSPS) is 12.1. The molecule has 0 bridgehead atoms. The van der Waals surface area contributed by atoms with Crippen LogP contribution in [-0.2, 0) is 26.6 Å². The fraction of sp³-hybridized carbons (Fsp3) is 0.320. The van der Waals surface area contributed by atoms with Crippen LogP contribution in [0.5, 0.6) is 5.75 Å². The van der Waals surface area contributed by atoms with Crippen LogP contribution in [0.3, 0.4) is 0 Å². The van der Waals surface area contributed by atoms with Gasteiger partial charge in [-0.1, -0.05) is 49.4 Å². The number of H-pyrrole nitrogens is 1. The topological polar surface area (TPSA) is 105 Å². The third-order valence-corrected chi connectivity index (χ3v) is 5.76. The number of nitrogens with one attached hydrogen (secondary N) is 1. The molecular weight excluding hydrogens is 434 g/mol. The molecule has 0 spiro atoms. The zero-order valence-electron chi connectivity index (χ0n) is 19.6. The Kier molecular flexibility index (Phi) is 6.83. The van der Waals surface area contributed by atoms with Crippen LogP contribution in [0.1, 0.15) is 18.1 Å². The smallest absolute Gasteiger partial charge is 0.329 e. The van der Waals surface area contributed by atoms with Crippen LogP contribution in [0.4, 0.5) is 5.95 Å². The number of rotatable bonds is 9. The molecule has 0 aliphatic carbocycles. The second-order valence-electron chi connectivity index (χ2n) is 8.32. The van der Waals surface area contributed by atoms with Crippen molar-refractivity contribution in [1.29, 1.82) is 0 Å². The highest BCUT2D eigenvalue weighted by Crippen LogP contribution is 2.21. The van der Waals surface area contributed by atoms with E-state index in [4.69, 9.17) is 4.74 Å². The molecule has 0 saturated carbocycles. The molecule has 0 fully saturated rings. The average molecular weight is 464 g/mol. The van der Waals surface area contributed by atoms with Crippen molar-refractivity contribution in [3.63, 3.8) is 0 Å². The minimum absolute atomic E-state index is 0.0383. The molecular formula is C25H29N5O4. The Morgan fingerprint density at radius 3 is 2.47 bits per heavy atom. The van der Waals surface area contributed by atoms with Crippen LogP contribution >= 0.6 is 0 Å². The fourth-order valence-corrected chi connectivity index (χ4v) is 3.89. The van der Waals surface area contributed by atoms with Crippen molar-refractivity contribution in [1.82, 2.24) is 19.1 Å². The number of aryl methyl sites for hydroxylation is 2. The summed E-state index contributed by atoms with van der Waals surface area (Å²) < 4.78 is 8.70. The molecule has 2 N–H and O–H groups in total. The lowest BCUT2D eigenvalue weighted by Crippen LogP contribution is -2.31. The number of hydrogen-bond acceptors (Lipinski definition) is 6. The van der Waals surface area contributed by atoms with Crippen molar-refractivity contribution < 1.29 is 9.84 Å². The van der Waals surface area contributed by atoms with Crippen molar-refractivity contribution in [2.75, 3.05) is 18.6 Å². The molecule has 0 aliphatic heterocycles. The SMILES string of the molecule is CCc1ccc(OCC(O)Cn2c(N(C)Cc3ccccc3)nc3c2c(=O)[nH]c(=O)n3C)cc1. The quantitative estimate of drug-likeness (QED) is 0.394. The molecule has 0 aliphatic rings. The Labute approximate surface area is 196 Å². The highest BCUT2D eigenvalue weighted by molar-refractivity contribution is 5.74. The molecule has 4 aromatic rings. The molecule has 9 heteroatoms. The first kappa shape index (κ1) is 23.3. The Morgan fingerprint density at radius 2 is 1.79 bits per heavy atom. The molecule has 34 heavy (non-hydrogen) atoms. The number of benzene rings is 2. The van der Waals surface area contributed by atoms with Gasteiger partial charge in [0, 0.05) is 20.6 Å². The molecule has 2 heterocycles. The first-order chi connectivity index (χ1) is 16.4. The van der Waals surface area contributed by atoms with Gasteiger partial charge in [0.25, 0.3) is 5.56 Å². The summed E-state index contributed by atoms with van der Waals surface area (Å²) in [6, 6.07) is 17.6. The third kappa shape index (κ3) is 4.89. The highest BCUT2D eigenvalue weighted by Gasteiger charge is 2.22. The van der Waals surface area contributed by atoms with Crippen molar-refractivity contribution in [2.45, 2.75) is 32.5 Å². The number of ether oxygens (including phenoxy) is 1. The van der Waals surface area contributed by atoms with Crippen LogP contribution in [0.15, 0.2) is 64.2 Å². The molecule has 9 nitrogen and oxygen atoms in total. The van der Waals surface area contributed by atoms with Gasteiger partial charge in [-0.15, -0.1) is 0 Å². The molecule has 2 aromatic carbocycles. The predicted octanol–water partition coefficient (Wildman–Crippen LogP) is 2.06. The summed E-state index contributed by atoms with van der Waals surface area (Å²) >= 11 is 0. The summed E-state index contributed by atoms with van der Waals surface area (Å²) in [5.74, 6) is 1.13. The summed E-state index contributed by atoms with van der Waals surface area (Å²) in [5, 5.41) is 10.8. The lowest BCUT2D eigenvalue weighted by molar-refractivity contribution is 0.0936. The lowest BCUT2D eigenvalue weighted by Gasteiger charge is -2.21. The molecule has 1 unspecified atom stereocenters. The maximum atomic E-state index is 12.7. The third-order valence-electron chi connectivity index (χ3n) is 5.76. The number of nitrogens with zero attached hydrogens (tertiary/aromatic N) is 4. The summed E-state index contributed by atoms with van der Waals surface area (Å²) in [6.07, 6.45) is 0.0243. The number of aliphatic hydroxyl groups excluding tert-OH is 1. The van der Waals surface area contributed by atoms with E-state index in [1.165, 1.54) is 10.1 Å². The van der Waals surface area contributed by atoms with E-state index in [1.807, 2.05) is 66.5 Å². The van der Waals surface area contributed by atoms with E-state index in [9.17, 15) is 14.7 Å². The van der Waals surface area contributed by atoms with Gasteiger partial charge in [-0.3, -0.25) is 14.3 Å². The second-order valence-corrected chi connectivity index (χ2v) is 8.32. The summed E-state index contributed by atoms with van der Waals surface area (Å²) in [4.78, 5) is 33.7. The van der Waals surface area contributed by atoms with E-state index >= 15 is 0 Å². The monoisotopic (exact) mass is 463 g/mol. The largest absolute Gasteiger partial charge is 0.491 e. The molecule has 0 radical (unpaired) electrons. The molecule has 4 rings (SSSR count). The van der Waals surface area contributed by atoms with Gasteiger partial charge in [0.1, 0.15) is 18.5 Å². The van der Waals surface area contributed by atoms with Gasteiger partial charge >= 0.3 is 5.69 Å². The Balaban J connectivity index is 1.63. The van der Waals surface area contributed by atoms with Crippen molar-refractivity contribution in [3.8, 4) is 5.75 Å². The van der Waals surface area contributed by atoms with Crippen molar-refractivity contribution in [3.05, 3.63) is 86.6 Å². The van der Waals surface area contributed by atoms with Gasteiger partial charge < -0.3 is 19.3 Å². The number of imidazole rings is 1. The highest BCUT2D eigenvalue weighted by atomic mass is 16.5. The number of fused-ring (bicyclic) bond motifs is 1. The van der Waals surface area contributed by atoms with Crippen LogP contribution in [-0.4, -0.2) is 44.0 Å². The maximum absolute atomic E-state index is 12.7. The zero-order chi connectivity index (χ0) is 24.2. The van der Waals surface area contributed by atoms with E-state index in [-0.39, 0.29) is 24.3 Å². The minimum Gasteiger partial charge on any atom is -0.491 e. The van der Waals surface area contributed by atoms with Crippen LogP contribution < -0.4 is 20.9 Å². The fourth-order valence-electron chi connectivity index (χ4n) is 3.89. The molecule has 2 aromatic heterocycles. The van der Waals surface area contributed by atoms with Crippen molar-refractivity contribution in [2.24, 2.45) is 7.05 Å². The number of aromatic amines is 1. The van der Waals surface area contributed by atoms with E-state index < -0.39 is 17.4 Å². The Bertz CT molecular complexity index is 1370. The van der Waals surface area contributed by atoms with Gasteiger partial charge in [0.15, 0.2) is 11.2 Å². The summed E-state index contributed by atoms with van der Waals surface area (Å²) in [5.41, 5.74) is 1.65. The molecule has 1 atom stereocenters. The second kappa shape index (κ2) is 9.96. The molecule has 0 amide bonds. The summed E-state index contributed by atoms with van der Waals surface area (Å²) in [6.45, 7) is 2.72. The zero-order valence-corrected chi connectivity index (χ0v) is 19.6. The van der Waals surface area contributed by atoms with E-state index in [2.05, 4.69) is 16.9 Å². The van der Waals surface area contributed by atoms with Gasteiger partial charge in [-0.25, -0.2) is 4.79 Å². The van der Waals surface area contributed by atoms with E-state index in [0.717, 1.165) is 12.0 Å². The maximum Gasteiger partial charge on any atom is 0.329 e. The van der Waals surface area contributed by atoms with E-state index in [0.29, 0.717) is 18.2 Å². The first-order valence-corrected chi connectivity index (χ1v) is 11.2. The van der Waals surface area contributed by atoms with Gasteiger partial charge in [-0.2, -0.15) is 4.98 Å². The lowest BCUT2D eigenvalue weighted by atomic mass is 10.2. The number of hydrogen-bond donors (Lipinski definition) is 2. The van der Waals surface area contributed by atoms with Crippen LogP contribution in [0.25, 0.3) is 11.2 Å². The van der Waals surface area contributed by atoms with Gasteiger partial charge in [0.2, 0.25) is 5.95 Å². The van der Waals surface area contributed by atoms with Crippen LogP contribution in [0, 0.1) is 0 Å². The first-order valence-electron chi connectivity index (χ1n) is 11.2. The molecule has 0 saturated heterocycles. The molecule has 178 valence electrons. The standard InChI is InChI=1S/C25H29N5O4/c1-4-17-10-12-20(13-11-17)34-16-19(31)15-30-21-22(29(3)25(33)27-23(21)32)26-24(30)28(2)14-18-8-6-5-7-9-18/h5-13,19,31H,4,14-16H2,1-3H3,(H,27,32,33). The Hall–Kier alpha value is -3.85. The van der Waals surface area contributed by atoms with Gasteiger partial charge in [0.05, 0.1) is 6.54 Å². The number of anilines is 1. The van der Waals surface area contributed by atoms with Gasteiger partial charge in [-0.05, 0) is 29.7 Å². The number of aromatic nitrogens is 4. The number of aliphatic hydroxyl groups is 1. The van der Waals surface area contributed by atoms with Crippen LogP contribution in [0.2, 0.25) is 0 Å².